The topological polar surface area (TPSA) is 69.6 Å². The molecule has 1 atom stereocenters. The first kappa shape index (κ1) is 21.3. The number of likely N-dealkylation sites (tertiary alicyclic amines) is 1. The number of aliphatic imine (C=N–C) groups is 1. The fraction of sp³-hybridized carbons (Fsp3) is 0.500. The number of amides is 1. The molecule has 1 amide bonds. The first-order chi connectivity index (χ1) is 14.0. The van der Waals surface area contributed by atoms with Crippen molar-refractivity contribution in [2.75, 3.05) is 20.1 Å². The molecule has 1 unspecified atom stereocenters. The predicted octanol–water partition coefficient (Wildman–Crippen LogP) is 2.85. The largest absolute Gasteiger partial charge is 0.352 e. The Balaban J connectivity index is 1.43. The second-order valence-electron chi connectivity index (χ2n) is 7.71. The molecule has 1 aromatic heterocycles. The summed E-state index contributed by atoms with van der Waals surface area (Å²) < 4.78 is 0. The van der Waals surface area contributed by atoms with Crippen molar-refractivity contribution in [3.05, 3.63) is 52.0 Å². The molecule has 6 nitrogen and oxygen atoms in total. The van der Waals surface area contributed by atoms with Crippen LogP contribution in [0.25, 0.3) is 0 Å². The summed E-state index contributed by atoms with van der Waals surface area (Å²) in [5, 5.41) is 10.0. The molecule has 0 bridgehead atoms. The van der Waals surface area contributed by atoms with Crippen molar-refractivity contribution < 1.29 is 4.79 Å². The van der Waals surface area contributed by atoms with Gasteiger partial charge in [-0.25, -0.2) is 4.98 Å². The Morgan fingerprint density at radius 2 is 2.10 bits per heavy atom. The van der Waals surface area contributed by atoms with Gasteiger partial charge in [0.25, 0.3) is 0 Å². The van der Waals surface area contributed by atoms with E-state index in [1.165, 1.54) is 5.56 Å². The van der Waals surface area contributed by atoms with Gasteiger partial charge in [-0.15, -0.1) is 11.3 Å². The van der Waals surface area contributed by atoms with Gasteiger partial charge < -0.3 is 15.5 Å². The summed E-state index contributed by atoms with van der Waals surface area (Å²) in [5.74, 6) is 1.03. The van der Waals surface area contributed by atoms with Crippen molar-refractivity contribution in [1.29, 1.82) is 0 Å². The molecule has 0 aliphatic carbocycles. The molecular weight excluding hydrogens is 382 g/mol. The molecule has 156 valence electrons. The van der Waals surface area contributed by atoms with Crippen LogP contribution in [-0.2, 0) is 24.2 Å². The number of aromatic nitrogens is 1. The third-order valence-electron chi connectivity index (χ3n) is 5.06. The van der Waals surface area contributed by atoms with E-state index in [-0.39, 0.29) is 17.9 Å². The monoisotopic (exact) mass is 413 g/mol. The number of nitrogens with one attached hydrogen (secondary N) is 2. The molecule has 0 spiro atoms. The minimum absolute atomic E-state index is 0.0481. The average molecular weight is 414 g/mol. The first-order valence-electron chi connectivity index (χ1n) is 10.3. The zero-order chi connectivity index (χ0) is 20.6. The standard InChI is InChI=1S/C22H31N5OS/c1-16(2)21(28)27-12-11-18(14-27)26-22(23-3)24-13-19-15-29-20(25-19)10-9-17-7-5-4-6-8-17/h4-8,15-16,18H,9-14H2,1-3H3,(H2,23,24,26). The molecule has 3 rings (SSSR count). The van der Waals surface area contributed by atoms with Crippen molar-refractivity contribution in [1.82, 2.24) is 20.5 Å². The van der Waals surface area contributed by atoms with E-state index in [0.29, 0.717) is 6.54 Å². The molecule has 1 aliphatic rings. The molecule has 29 heavy (non-hydrogen) atoms. The lowest BCUT2D eigenvalue weighted by Crippen LogP contribution is -2.45. The smallest absolute Gasteiger partial charge is 0.225 e. The Labute approximate surface area is 177 Å². The van der Waals surface area contributed by atoms with Gasteiger partial charge in [0.15, 0.2) is 5.96 Å². The van der Waals surface area contributed by atoms with E-state index in [9.17, 15) is 4.79 Å². The number of carbonyl (C=O) groups excluding carboxylic acids is 1. The quantitative estimate of drug-likeness (QED) is 0.541. The molecule has 2 N–H and O–H groups in total. The van der Waals surface area contributed by atoms with E-state index < -0.39 is 0 Å². The first-order valence-corrected chi connectivity index (χ1v) is 11.2. The number of aryl methyl sites for hydroxylation is 2. The number of benzene rings is 1. The van der Waals surface area contributed by atoms with Crippen molar-refractivity contribution in [2.45, 2.75) is 45.7 Å². The summed E-state index contributed by atoms with van der Waals surface area (Å²) in [4.78, 5) is 23.1. The summed E-state index contributed by atoms with van der Waals surface area (Å²) in [6.07, 6.45) is 2.92. The molecular formula is C22H31N5OS. The molecule has 0 radical (unpaired) electrons. The Morgan fingerprint density at radius 1 is 1.31 bits per heavy atom. The number of hydrogen-bond acceptors (Lipinski definition) is 4. The summed E-state index contributed by atoms with van der Waals surface area (Å²) >= 11 is 1.71. The van der Waals surface area contributed by atoms with Crippen molar-refractivity contribution >= 4 is 23.2 Å². The minimum atomic E-state index is 0.0481. The number of thiazole rings is 1. The van der Waals surface area contributed by atoms with Gasteiger partial charge in [0.1, 0.15) is 0 Å². The molecule has 7 heteroatoms. The predicted molar refractivity (Wildman–Crippen MR) is 119 cm³/mol. The van der Waals surface area contributed by atoms with Gasteiger partial charge in [-0.05, 0) is 18.4 Å². The van der Waals surface area contributed by atoms with Crippen LogP contribution < -0.4 is 10.6 Å². The van der Waals surface area contributed by atoms with Crippen LogP contribution in [0.1, 0.15) is 36.5 Å². The number of rotatable bonds is 7. The lowest BCUT2D eigenvalue weighted by Gasteiger charge is -2.20. The highest BCUT2D eigenvalue weighted by Crippen LogP contribution is 2.14. The van der Waals surface area contributed by atoms with Crippen molar-refractivity contribution in [2.24, 2.45) is 10.9 Å². The zero-order valence-corrected chi connectivity index (χ0v) is 18.3. The van der Waals surface area contributed by atoms with E-state index in [1.54, 1.807) is 18.4 Å². The second-order valence-corrected chi connectivity index (χ2v) is 8.66. The fourth-order valence-corrected chi connectivity index (χ4v) is 4.24. The summed E-state index contributed by atoms with van der Waals surface area (Å²) in [7, 11) is 1.77. The summed E-state index contributed by atoms with van der Waals surface area (Å²) in [6, 6.07) is 10.7. The number of carbonyl (C=O) groups is 1. The number of hydrogen-bond donors (Lipinski definition) is 2. The molecule has 2 aromatic rings. The lowest BCUT2D eigenvalue weighted by molar-refractivity contribution is -0.133. The molecule has 1 aliphatic heterocycles. The van der Waals surface area contributed by atoms with Gasteiger partial charge in [0.2, 0.25) is 5.91 Å². The van der Waals surface area contributed by atoms with Crippen LogP contribution in [0.2, 0.25) is 0 Å². The van der Waals surface area contributed by atoms with Gasteiger partial charge in [0.05, 0.1) is 17.2 Å². The maximum absolute atomic E-state index is 12.1. The van der Waals surface area contributed by atoms with E-state index in [4.69, 9.17) is 4.98 Å². The SMILES string of the molecule is CN=C(NCc1csc(CCc2ccccc2)n1)NC1CCN(C(=O)C(C)C)C1. The van der Waals surface area contributed by atoms with E-state index in [0.717, 1.165) is 49.0 Å². The van der Waals surface area contributed by atoms with Crippen LogP contribution in [0.4, 0.5) is 0 Å². The summed E-state index contributed by atoms with van der Waals surface area (Å²) in [6.45, 7) is 6.08. The molecule has 1 fully saturated rings. The third kappa shape index (κ3) is 6.29. The van der Waals surface area contributed by atoms with Gasteiger partial charge in [-0.2, -0.15) is 0 Å². The van der Waals surface area contributed by atoms with Gasteiger partial charge in [-0.1, -0.05) is 44.2 Å². The van der Waals surface area contributed by atoms with E-state index in [2.05, 4.69) is 45.3 Å². The number of guanidine groups is 1. The Kier molecular flexibility index (Phi) is 7.63. The van der Waals surface area contributed by atoms with Crippen LogP contribution in [0.5, 0.6) is 0 Å². The molecule has 0 saturated carbocycles. The van der Waals surface area contributed by atoms with Crippen molar-refractivity contribution in [3.8, 4) is 0 Å². The molecule has 2 heterocycles. The highest BCUT2D eigenvalue weighted by atomic mass is 32.1. The van der Waals surface area contributed by atoms with Gasteiger partial charge >= 0.3 is 0 Å². The maximum Gasteiger partial charge on any atom is 0.225 e. The highest BCUT2D eigenvalue weighted by molar-refractivity contribution is 7.09. The van der Waals surface area contributed by atoms with Gasteiger partial charge in [0, 0.05) is 43.9 Å². The number of nitrogens with zero attached hydrogens (tertiary/aromatic N) is 3. The van der Waals surface area contributed by atoms with Gasteiger partial charge in [-0.3, -0.25) is 9.79 Å². The second kappa shape index (κ2) is 10.4. The van der Waals surface area contributed by atoms with Crippen LogP contribution in [0.15, 0.2) is 40.7 Å². The fourth-order valence-electron chi connectivity index (χ4n) is 3.45. The average Bonchev–Trinajstić information content (AvgIpc) is 3.39. The minimum Gasteiger partial charge on any atom is -0.352 e. The Morgan fingerprint density at radius 3 is 2.83 bits per heavy atom. The Hall–Kier alpha value is -2.41. The lowest BCUT2D eigenvalue weighted by atomic mass is 10.1. The van der Waals surface area contributed by atoms with Crippen LogP contribution in [0, 0.1) is 5.92 Å². The maximum atomic E-state index is 12.1. The van der Waals surface area contributed by atoms with E-state index >= 15 is 0 Å². The van der Waals surface area contributed by atoms with Crippen LogP contribution >= 0.6 is 11.3 Å². The molecule has 1 saturated heterocycles. The summed E-state index contributed by atoms with van der Waals surface area (Å²) in [5.41, 5.74) is 2.37. The van der Waals surface area contributed by atoms with Crippen LogP contribution in [0.3, 0.4) is 0 Å². The third-order valence-corrected chi connectivity index (χ3v) is 6.02. The Bertz CT molecular complexity index is 818. The zero-order valence-electron chi connectivity index (χ0n) is 17.5. The van der Waals surface area contributed by atoms with Crippen LogP contribution in [-0.4, -0.2) is 47.9 Å². The molecule has 1 aromatic carbocycles. The normalized spacial score (nSPS) is 17.0. The van der Waals surface area contributed by atoms with Crippen molar-refractivity contribution in [3.63, 3.8) is 0 Å². The highest BCUT2D eigenvalue weighted by Gasteiger charge is 2.27. The van der Waals surface area contributed by atoms with E-state index in [1.807, 2.05) is 24.8 Å².